The second-order valence-electron chi connectivity index (χ2n) is 14.2. The van der Waals surface area contributed by atoms with Crippen LogP contribution in [0.2, 0.25) is 0 Å². The van der Waals surface area contributed by atoms with Crippen LogP contribution in [0, 0.1) is 23.7 Å². The van der Waals surface area contributed by atoms with Gasteiger partial charge in [0.05, 0.1) is 18.8 Å². The van der Waals surface area contributed by atoms with Crippen LogP contribution in [-0.2, 0) is 19.1 Å². The van der Waals surface area contributed by atoms with Gasteiger partial charge in [-0.1, -0.05) is 84.0 Å². The number of hydrogen-bond donors (Lipinski definition) is 1. The van der Waals surface area contributed by atoms with Crippen molar-refractivity contribution < 1.29 is 24.2 Å². The fraction of sp³-hybridized carbons (Fsp3) is 0.943. The van der Waals surface area contributed by atoms with E-state index >= 15 is 0 Å². The van der Waals surface area contributed by atoms with Crippen LogP contribution in [0.5, 0.6) is 0 Å². The van der Waals surface area contributed by atoms with Crippen LogP contribution >= 0.6 is 0 Å². The molecule has 0 amide bonds. The SMILES string of the molecule is CCCCCCCCCOC(=O)CCCCCCCN(CCO)CCCCCCCC(=O)OCC12C3C4C5C3N1C5C42. The molecule has 6 fully saturated rings. The summed E-state index contributed by atoms with van der Waals surface area (Å²) < 4.78 is 11.1. The lowest BCUT2D eigenvalue weighted by Crippen LogP contribution is -3.18. The average Bonchev–Trinajstić information content (AvgIpc) is 3.00. The van der Waals surface area contributed by atoms with Crippen LogP contribution < -0.4 is 0 Å². The summed E-state index contributed by atoms with van der Waals surface area (Å²) in [7, 11) is 0. The Morgan fingerprint density at radius 2 is 1.19 bits per heavy atom. The number of ether oxygens (including phenoxy) is 2. The number of aliphatic hydroxyl groups is 1. The molecule has 240 valence electrons. The van der Waals surface area contributed by atoms with Crippen molar-refractivity contribution in [2.24, 2.45) is 23.7 Å². The number of esters is 2. The largest absolute Gasteiger partial charge is 0.466 e. The molecule has 1 N–H and O–H groups in total. The molecule has 6 rings (SSSR count). The van der Waals surface area contributed by atoms with Gasteiger partial charge in [-0.15, -0.1) is 0 Å². The Labute approximate surface area is 255 Å². The van der Waals surface area contributed by atoms with Gasteiger partial charge in [0.25, 0.3) is 0 Å². The highest BCUT2D eigenvalue weighted by Gasteiger charge is 3.04. The molecule has 0 spiro atoms. The van der Waals surface area contributed by atoms with Gasteiger partial charge in [-0.25, -0.2) is 0 Å². The van der Waals surface area contributed by atoms with Crippen molar-refractivity contribution in [2.75, 3.05) is 39.5 Å². The van der Waals surface area contributed by atoms with E-state index in [-0.39, 0.29) is 18.5 Å². The molecular formula is C35H60N2O5. The fourth-order valence-electron chi connectivity index (χ4n) is 9.51. The molecule has 0 aromatic heterocycles. The Bertz CT molecular complexity index is 814. The first-order chi connectivity index (χ1) is 20.6. The van der Waals surface area contributed by atoms with E-state index in [2.05, 4.69) is 16.7 Å². The van der Waals surface area contributed by atoms with Gasteiger partial charge in [0.1, 0.15) is 6.61 Å². The molecule has 0 radical (unpaired) electrons. The quantitative estimate of drug-likeness (QED) is 0.0873. The predicted octanol–water partition coefficient (Wildman–Crippen LogP) is 6.11. The molecule has 3 saturated carbocycles. The van der Waals surface area contributed by atoms with Gasteiger partial charge in [0.15, 0.2) is 0 Å². The van der Waals surface area contributed by atoms with Crippen LogP contribution in [0.1, 0.15) is 129 Å². The Balaban J connectivity index is 0.764. The second-order valence-corrected chi connectivity index (χ2v) is 14.2. The average molecular weight is 589 g/mol. The summed E-state index contributed by atoms with van der Waals surface area (Å²) in [6, 6.07) is 1.80. The highest BCUT2D eigenvalue weighted by atomic mass is 16.5. The minimum Gasteiger partial charge on any atom is -0.466 e. The lowest BCUT2D eigenvalue weighted by atomic mass is 9.12. The Hall–Kier alpha value is -1.18. The summed E-state index contributed by atoms with van der Waals surface area (Å²) in [5, 5.41) is 9.45. The van der Waals surface area contributed by atoms with E-state index in [1.54, 1.807) is 0 Å². The van der Waals surface area contributed by atoms with Crippen LogP contribution in [0.3, 0.4) is 0 Å². The van der Waals surface area contributed by atoms with E-state index < -0.39 is 0 Å². The van der Waals surface area contributed by atoms with Crippen LogP contribution in [0.4, 0.5) is 0 Å². The summed E-state index contributed by atoms with van der Waals surface area (Å²) >= 11 is 0. The molecule has 42 heavy (non-hydrogen) atoms. The molecule has 6 aliphatic rings. The molecule has 3 aliphatic heterocycles. The van der Waals surface area contributed by atoms with Gasteiger partial charge in [-0.3, -0.25) is 14.5 Å². The molecule has 4 atom stereocenters. The molecule has 4 unspecified atom stereocenters. The maximum absolute atomic E-state index is 12.2. The zero-order valence-electron chi connectivity index (χ0n) is 26.6. The third-order valence-electron chi connectivity index (χ3n) is 11.7. The molecular weight excluding hydrogens is 528 g/mol. The van der Waals surface area contributed by atoms with Crippen LogP contribution in [0.25, 0.3) is 0 Å². The number of rotatable bonds is 28. The van der Waals surface area contributed by atoms with Crippen molar-refractivity contribution in [3.05, 3.63) is 0 Å². The van der Waals surface area contributed by atoms with E-state index in [1.165, 1.54) is 51.4 Å². The molecule has 3 heterocycles. The van der Waals surface area contributed by atoms with E-state index in [0.29, 0.717) is 31.6 Å². The van der Waals surface area contributed by atoms with E-state index in [0.717, 1.165) is 113 Å². The van der Waals surface area contributed by atoms with Crippen molar-refractivity contribution in [3.63, 3.8) is 0 Å². The van der Waals surface area contributed by atoms with Crippen molar-refractivity contribution in [1.82, 2.24) is 9.80 Å². The molecule has 3 saturated heterocycles. The summed E-state index contributed by atoms with van der Waals surface area (Å²) in [5.74, 6) is 3.84. The van der Waals surface area contributed by atoms with Crippen molar-refractivity contribution in [2.45, 2.75) is 147 Å². The van der Waals surface area contributed by atoms with Crippen molar-refractivity contribution >= 4 is 11.9 Å². The Morgan fingerprint density at radius 1 is 0.667 bits per heavy atom. The number of carbonyl (C=O) groups excluding carboxylic acids is 2. The lowest BCUT2D eigenvalue weighted by Gasteiger charge is -3.08. The first-order valence-corrected chi connectivity index (χ1v) is 18.1. The highest BCUT2D eigenvalue weighted by molar-refractivity contribution is 5.70. The summed E-state index contributed by atoms with van der Waals surface area (Å²) in [6.07, 6.45) is 20.8. The van der Waals surface area contributed by atoms with Gasteiger partial charge in [0, 0.05) is 43.3 Å². The number of piperidine rings is 12. The van der Waals surface area contributed by atoms with Crippen LogP contribution in [-0.4, -0.2) is 83.9 Å². The predicted molar refractivity (Wildman–Crippen MR) is 165 cm³/mol. The Morgan fingerprint density at radius 3 is 1.74 bits per heavy atom. The minimum atomic E-state index is -0.0308. The summed E-state index contributed by atoms with van der Waals surface area (Å²) in [5.41, 5.74) is 0.326. The van der Waals surface area contributed by atoms with Crippen molar-refractivity contribution in [1.29, 1.82) is 0 Å². The zero-order chi connectivity index (χ0) is 29.4. The number of nitrogens with zero attached hydrogens (tertiary/aromatic N) is 2. The van der Waals surface area contributed by atoms with E-state index in [4.69, 9.17) is 9.47 Å². The van der Waals surface area contributed by atoms with Gasteiger partial charge in [-0.05, 0) is 57.0 Å². The van der Waals surface area contributed by atoms with Gasteiger partial charge >= 0.3 is 11.9 Å². The lowest BCUT2D eigenvalue weighted by molar-refractivity contribution is -0.595. The molecule has 0 aromatic carbocycles. The fourth-order valence-corrected chi connectivity index (χ4v) is 9.51. The Kier molecular flexibility index (Phi) is 12.0. The highest BCUT2D eigenvalue weighted by Crippen LogP contribution is 2.94. The summed E-state index contributed by atoms with van der Waals surface area (Å²) in [4.78, 5) is 29.2. The van der Waals surface area contributed by atoms with E-state index in [9.17, 15) is 14.7 Å². The minimum absolute atomic E-state index is 0.0118. The van der Waals surface area contributed by atoms with Gasteiger partial charge in [-0.2, -0.15) is 0 Å². The number of unbranched alkanes of at least 4 members (excludes halogenated alkanes) is 14. The molecule has 0 aromatic rings. The van der Waals surface area contributed by atoms with Gasteiger partial charge < -0.3 is 19.5 Å². The third kappa shape index (κ3) is 6.59. The first-order valence-electron chi connectivity index (χ1n) is 18.1. The maximum Gasteiger partial charge on any atom is 0.305 e. The number of carbonyl (C=O) groups is 2. The monoisotopic (exact) mass is 588 g/mol. The van der Waals surface area contributed by atoms with E-state index in [1.807, 2.05) is 0 Å². The number of hydrogen-bond acceptors (Lipinski definition) is 7. The number of aliphatic hydroxyl groups excluding tert-OH is 1. The molecule has 0 bridgehead atoms. The maximum atomic E-state index is 12.2. The smallest absolute Gasteiger partial charge is 0.305 e. The summed E-state index contributed by atoms with van der Waals surface area (Å²) in [6.45, 7) is 6.54. The first kappa shape index (κ1) is 32.2. The topological polar surface area (TPSA) is 79.3 Å². The van der Waals surface area contributed by atoms with Crippen molar-refractivity contribution in [3.8, 4) is 0 Å². The zero-order valence-corrected chi connectivity index (χ0v) is 26.6. The standard InChI is InChI=1S/C35H60N2O5/c1-2-3-4-5-6-13-18-25-41-27(39)19-14-9-7-11-16-21-36(23-24-38)22-17-12-8-10-15-20-28(40)42-26-35-31-29-30-33(31)37(35)34(30)32(29)35/h29-34,38H,2-26H2,1H3. The molecule has 7 nitrogen and oxygen atoms in total. The van der Waals surface area contributed by atoms with Crippen LogP contribution in [0.15, 0.2) is 0 Å². The van der Waals surface area contributed by atoms with Gasteiger partial charge in [0.2, 0.25) is 0 Å². The molecule has 7 heteroatoms. The normalized spacial score (nSPS) is 30.5. The second kappa shape index (κ2) is 15.7. The molecule has 3 aliphatic carbocycles. The third-order valence-corrected chi connectivity index (χ3v) is 11.7.